The summed E-state index contributed by atoms with van der Waals surface area (Å²) in [6.07, 6.45) is 11.2. The Balaban J connectivity index is 1.21. The fourth-order valence-corrected chi connectivity index (χ4v) is 5.70. The highest BCUT2D eigenvalue weighted by molar-refractivity contribution is 5.94. The number of rotatable bonds is 6. The molecule has 1 aromatic carbocycles. The second-order valence-corrected chi connectivity index (χ2v) is 10.0. The number of piperidine rings is 3. The van der Waals surface area contributed by atoms with Gasteiger partial charge in [-0.15, -0.1) is 0 Å². The largest absolute Gasteiger partial charge is 0.342 e. The van der Waals surface area contributed by atoms with Gasteiger partial charge in [-0.25, -0.2) is 0 Å². The summed E-state index contributed by atoms with van der Waals surface area (Å²) >= 11 is 0. The Hall–Kier alpha value is -1.88. The third-order valence-corrected chi connectivity index (χ3v) is 7.83. The molecule has 3 aliphatic rings. The zero-order valence-electron chi connectivity index (χ0n) is 19.9. The number of benzene rings is 1. The molecular weight excluding hydrogens is 398 g/mol. The summed E-state index contributed by atoms with van der Waals surface area (Å²) in [6.45, 7) is 7.88. The SMILES string of the molecule is CCCCc1ccc(C(=O)N2CCC(N3CCC(C(=O)N4CCCCC4)CC3)CC2)cc1. The molecule has 0 atom stereocenters. The van der Waals surface area contributed by atoms with Crippen LogP contribution in [0.15, 0.2) is 24.3 Å². The van der Waals surface area contributed by atoms with Gasteiger partial charge in [0.1, 0.15) is 0 Å². The van der Waals surface area contributed by atoms with Gasteiger partial charge in [-0.1, -0.05) is 25.5 Å². The van der Waals surface area contributed by atoms with E-state index in [0.717, 1.165) is 76.9 Å². The molecule has 0 bridgehead atoms. The van der Waals surface area contributed by atoms with Crippen molar-refractivity contribution in [2.45, 2.75) is 77.2 Å². The Morgan fingerprint density at radius 1 is 0.812 bits per heavy atom. The zero-order valence-corrected chi connectivity index (χ0v) is 19.9. The first-order chi connectivity index (χ1) is 15.7. The normalized spacial score (nSPS) is 21.7. The number of aryl methyl sites for hydroxylation is 1. The van der Waals surface area contributed by atoms with E-state index in [1.807, 2.05) is 17.0 Å². The first-order valence-electron chi connectivity index (χ1n) is 13.1. The van der Waals surface area contributed by atoms with Crippen LogP contribution in [0.1, 0.15) is 80.6 Å². The van der Waals surface area contributed by atoms with E-state index in [1.54, 1.807) is 0 Å². The molecule has 3 heterocycles. The molecule has 0 N–H and O–H groups in total. The number of hydrogen-bond acceptors (Lipinski definition) is 3. The van der Waals surface area contributed by atoms with Crippen LogP contribution in [0.5, 0.6) is 0 Å². The van der Waals surface area contributed by atoms with Crippen molar-refractivity contribution in [3.63, 3.8) is 0 Å². The van der Waals surface area contributed by atoms with E-state index in [2.05, 4.69) is 28.9 Å². The molecule has 2 amide bonds. The summed E-state index contributed by atoms with van der Waals surface area (Å²) in [6, 6.07) is 8.80. The van der Waals surface area contributed by atoms with Crippen LogP contribution < -0.4 is 0 Å². The number of carbonyl (C=O) groups is 2. The van der Waals surface area contributed by atoms with E-state index in [1.165, 1.54) is 37.7 Å². The van der Waals surface area contributed by atoms with Gasteiger partial charge in [-0.3, -0.25) is 9.59 Å². The van der Waals surface area contributed by atoms with E-state index in [4.69, 9.17) is 0 Å². The van der Waals surface area contributed by atoms with Crippen LogP contribution in [0.2, 0.25) is 0 Å². The Bertz CT molecular complexity index is 741. The van der Waals surface area contributed by atoms with Crippen molar-refractivity contribution in [1.29, 1.82) is 0 Å². The summed E-state index contributed by atoms with van der Waals surface area (Å²) in [7, 11) is 0. The van der Waals surface area contributed by atoms with Crippen molar-refractivity contribution >= 4 is 11.8 Å². The van der Waals surface area contributed by atoms with E-state index >= 15 is 0 Å². The summed E-state index contributed by atoms with van der Waals surface area (Å²) in [5.74, 6) is 0.813. The Kier molecular flexibility index (Phi) is 8.23. The molecule has 176 valence electrons. The quantitative estimate of drug-likeness (QED) is 0.662. The summed E-state index contributed by atoms with van der Waals surface area (Å²) in [5.41, 5.74) is 2.14. The van der Waals surface area contributed by atoms with Gasteiger partial charge in [0.25, 0.3) is 5.91 Å². The number of carbonyl (C=O) groups excluding carboxylic acids is 2. The number of hydrogen-bond donors (Lipinski definition) is 0. The number of amides is 2. The third-order valence-electron chi connectivity index (χ3n) is 7.83. The van der Waals surface area contributed by atoms with Crippen molar-refractivity contribution in [2.75, 3.05) is 39.3 Å². The highest BCUT2D eigenvalue weighted by Crippen LogP contribution is 2.26. The molecular formula is C27H41N3O2. The molecule has 0 unspecified atom stereocenters. The number of unbranched alkanes of at least 4 members (excludes halogenated alkanes) is 1. The predicted molar refractivity (Wildman–Crippen MR) is 129 cm³/mol. The third kappa shape index (κ3) is 5.72. The highest BCUT2D eigenvalue weighted by atomic mass is 16.2. The van der Waals surface area contributed by atoms with Crippen molar-refractivity contribution in [3.05, 3.63) is 35.4 Å². The monoisotopic (exact) mass is 439 g/mol. The van der Waals surface area contributed by atoms with Crippen LogP contribution >= 0.6 is 0 Å². The molecule has 5 nitrogen and oxygen atoms in total. The fraction of sp³-hybridized carbons (Fsp3) is 0.704. The van der Waals surface area contributed by atoms with Crippen molar-refractivity contribution in [2.24, 2.45) is 5.92 Å². The minimum absolute atomic E-state index is 0.177. The van der Waals surface area contributed by atoms with E-state index in [0.29, 0.717) is 11.9 Å². The summed E-state index contributed by atoms with van der Waals surface area (Å²) in [5, 5.41) is 0. The average Bonchev–Trinajstić information content (AvgIpc) is 2.87. The van der Waals surface area contributed by atoms with Crippen molar-refractivity contribution < 1.29 is 9.59 Å². The Labute approximate surface area is 194 Å². The summed E-state index contributed by atoms with van der Waals surface area (Å²) in [4.78, 5) is 32.5. The molecule has 1 aromatic rings. The molecule has 32 heavy (non-hydrogen) atoms. The van der Waals surface area contributed by atoms with Gasteiger partial charge in [0.2, 0.25) is 5.91 Å². The lowest BCUT2D eigenvalue weighted by molar-refractivity contribution is -0.138. The average molecular weight is 440 g/mol. The maximum absolute atomic E-state index is 12.9. The lowest BCUT2D eigenvalue weighted by Gasteiger charge is -2.42. The molecule has 0 saturated carbocycles. The molecule has 3 saturated heterocycles. The van der Waals surface area contributed by atoms with Gasteiger partial charge in [-0.05, 0) is 88.6 Å². The molecule has 3 fully saturated rings. The Morgan fingerprint density at radius 2 is 1.47 bits per heavy atom. The van der Waals surface area contributed by atoms with Crippen molar-refractivity contribution in [1.82, 2.24) is 14.7 Å². The van der Waals surface area contributed by atoms with Crippen molar-refractivity contribution in [3.8, 4) is 0 Å². The first-order valence-corrected chi connectivity index (χ1v) is 13.1. The van der Waals surface area contributed by atoms with Gasteiger partial charge < -0.3 is 14.7 Å². The minimum atomic E-state index is 0.177. The zero-order chi connectivity index (χ0) is 22.3. The molecule has 0 spiro atoms. The van der Waals surface area contributed by atoms with Crippen LogP contribution in [0.4, 0.5) is 0 Å². The smallest absolute Gasteiger partial charge is 0.253 e. The molecule has 4 rings (SSSR count). The van der Waals surface area contributed by atoms with Crippen LogP contribution in [0.3, 0.4) is 0 Å². The molecule has 0 radical (unpaired) electrons. The maximum atomic E-state index is 12.9. The molecule has 5 heteroatoms. The predicted octanol–water partition coefficient (Wildman–Crippen LogP) is 4.36. The van der Waals surface area contributed by atoms with Gasteiger partial charge in [-0.2, -0.15) is 0 Å². The van der Waals surface area contributed by atoms with E-state index < -0.39 is 0 Å². The Morgan fingerprint density at radius 3 is 2.09 bits per heavy atom. The van der Waals surface area contributed by atoms with Crippen LogP contribution in [0.25, 0.3) is 0 Å². The second kappa shape index (κ2) is 11.3. The fourth-order valence-electron chi connectivity index (χ4n) is 5.70. The number of nitrogens with zero attached hydrogens (tertiary/aromatic N) is 3. The van der Waals surface area contributed by atoms with Gasteiger partial charge in [0, 0.05) is 43.7 Å². The van der Waals surface area contributed by atoms with Crippen LogP contribution in [0, 0.1) is 5.92 Å². The first kappa shape index (κ1) is 23.3. The lowest BCUT2D eigenvalue weighted by atomic mass is 9.91. The molecule has 0 aromatic heterocycles. The minimum Gasteiger partial charge on any atom is -0.342 e. The maximum Gasteiger partial charge on any atom is 0.253 e. The van der Waals surface area contributed by atoms with Crippen LogP contribution in [-0.4, -0.2) is 71.8 Å². The molecule has 3 aliphatic heterocycles. The molecule has 0 aliphatic carbocycles. The number of likely N-dealkylation sites (tertiary alicyclic amines) is 3. The highest BCUT2D eigenvalue weighted by Gasteiger charge is 2.33. The van der Waals surface area contributed by atoms with Gasteiger partial charge >= 0.3 is 0 Å². The van der Waals surface area contributed by atoms with Crippen LogP contribution in [-0.2, 0) is 11.2 Å². The van der Waals surface area contributed by atoms with Gasteiger partial charge in [0.05, 0.1) is 0 Å². The van der Waals surface area contributed by atoms with E-state index in [-0.39, 0.29) is 11.8 Å². The second-order valence-electron chi connectivity index (χ2n) is 10.0. The lowest BCUT2D eigenvalue weighted by Crippen LogP contribution is -2.50. The summed E-state index contributed by atoms with van der Waals surface area (Å²) < 4.78 is 0. The van der Waals surface area contributed by atoms with Gasteiger partial charge in [0.15, 0.2) is 0 Å². The topological polar surface area (TPSA) is 43.9 Å². The standard InChI is InChI=1S/C27H41N3O2/c1-2-3-7-22-8-10-23(11-9-22)26(31)30-20-14-25(15-21-30)28-18-12-24(13-19-28)27(32)29-16-5-4-6-17-29/h8-11,24-25H,2-7,12-21H2,1H3. The van der Waals surface area contributed by atoms with E-state index in [9.17, 15) is 9.59 Å².